The van der Waals surface area contributed by atoms with Crippen molar-refractivity contribution < 1.29 is 0 Å². The van der Waals surface area contributed by atoms with Crippen LogP contribution in [0.2, 0.25) is 0 Å². The van der Waals surface area contributed by atoms with E-state index in [0.29, 0.717) is 0 Å². The molecule has 3 aliphatic heterocycles. The predicted molar refractivity (Wildman–Crippen MR) is 65.2 cm³/mol. The molecule has 0 unspecified atom stereocenters. The molecule has 0 bridgehead atoms. The van der Waals surface area contributed by atoms with Crippen molar-refractivity contribution in [2.75, 3.05) is 39.3 Å². The van der Waals surface area contributed by atoms with Gasteiger partial charge < -0.3 is 0 Å². The van der Waals surface area contributed by atoms with Gasteiger partial charge in [-0.25, -0.2) is 0 Å². The number of hydrogen-bond acceptors (Lipinski definition) is 4. The first-order chi connectivity index (χ1) is 7.67. The Morgan fingerprint density at radius 1 is 0.750 bits per heavy atom. The highest BCUT2D eigenvalue weighted by molar-refractivity contribution is 5.10. The topological polar surface area (TPSA) is 30.5 Å². The molecule has 3 fully saturated rings. The van der Waals surface area contributed by atoms with Gasteiger partial charge in [0.25, 0.3) is 0 Å². The zero-order valence-corrected chi connectivity index (χ0v) is 10.6. The number of piperazine rings is 1. The number of nitrogens with zero attached hydrogens (tertiary/aromatic N) is 2. The fourth-order valence-corrected chi connectivity index (χ4v) is 3.75. The summed E-state index contributed by atoms with van der Waals surface area (Å²) in [6.45, 7) is 12.0. The third kappa shape index (κ3) is 1.30. The molecular weight excluding hydrogens is 200 g/mol. The maximum atomic E-state index is 3.76. The molecule has 3 saturated heterocycles. The summed E-state index contributed by atoms with van der Waals surface area (Å²) in [6.07, 6.45) is 2.57. The molecule has 3 heterocycles. The van der Waals surface area contributed by atoms with E-state index in [9.17, 15) is 0 Å². The molecule has 4 heteroatoms. The number of hydrogen-bond donors (Lipinski definition) is 2. The van der Waals surface area contributed by atoms with Gasteiger partial charge in [0.05, 0.1) is 0 Å². The average molecular weight is 224 g/mol. The first-order valence-electron chi connectivity index (χ1n) is 6.67. The van der Waals surface area contributed by atoms with Crippen molar-refractivity contribution >= 4 is 0 Å². The summed E-state index contributed by atoms with van der Waals surface area (Å²) in [5, 5.41) is 7.52. The quantitative estimate of drug-likeness (QED) is 0.607. The third-order valence-corrected chi connectivity index (χ3v) is 5.00. The van der Waals surface area contributed by atoms with Crippen LogP contribution >= 0.6 is 0 Å². The maximum absolute atomic E-state index is 3.76. The Labute approximate surface area is 98.4 Å². The van der Waals surface area contributed by atoms with Crippen LogP contribution in [0.15, 0.2) is 0 Å². The first kappa shape index (κ1) is 11.0. The highest BCUT2D eigenvalue weighted by Crippen LogP contribution is 2.36. The standard InChI is InChI=1S/C12H24N4/c1-11-12(2)14-6-4-8-16(12)10-9-15(11)7-3-5-13-11/h13-14H,3-10H2,1-2H3/t11-,12+. The highest BCUT2D eigenvalue weighted by atomic mass is 15.5. The highest BCUT2D eigenvalue weighted by Gasteiger charge is 2.56. The van der Waals surface area contributed by atoms with E-state index in [1.165, 1.54) is 39.0 Å². The van der Waals surface area contributed by atoms with Gasteiger partial charge in [-0.05, 0) is 39.8 Å². The minimum Gasteiger partial charge on any atom is -0.297 e. The van der Waals surface area contributed by atoms with E-state index in [0.717, 1.165) is 13.1 Å². The molecule has 0 aliphatic carbocycles. The lowest BCUT2D eigenvalue weighted by atomic mass is 9.85. The predicted octanol–water partition coefficient (Wildman–Crippen LogP) is 0.0230. The van der Waals surface area contributed by atoms with E-state index in [1.807, 2.05) is 0 Å². The number of rotatable bonds is 0. The van der Waals surface area contributed by atoms with Crippen LogP contribution in [0.5, 0.6) is 0 Å². The fourth-order valence-electron chi connectivity index (χ4n) is 3.75. The Hall–Kier alpha value is -0.160. The molecule has 4 nitrogen and oxygen atoms in total. The summed E-state index contributed by atoms with van der Waals surface area (Å²) >= 11 is 0. The molecule has 0 radical (unpaired) electrons. The zero-order valence-electron chi connectivity index (χ0n) is 10.6. The average Bonchev–Trinajstić information content (AvgIpc) is 2.29. The largest absolute Gasteiger partial charge is 0.297 e. The van der Waals surface area contributed by atoms with E-state index in [4.69, 9.17) is 0 Å². The van der Waals surface area contributed by atoms with E-state index in [2.05, 4.69) is 34.3 Å². The molecular formula is C12H24N4. The third-order valence-electron chi connectivity index (χ3n) is 5.00. The van der Waals surface area contributed by atoms with Crippen molar-refractivity contribution in [3.05, 3.63) is 0 Å². The van der Waals surface area contributed by atoms with Crippen LogP contribution in [0.25, 0.3) is 0 Å². The van der Waals surface area contributed by atoms with E-state index < -0.39 is 0 Å². The Morgan fingerprint density at radius 2 is 1.19 bits per heavy atom. The van der Waals surface area contributed by atoms with Crippen molar-refractivity contribution in [1.82, 2.24) is 20.4 Å². The minimum atomic E-state index is 0.101. The van der Waals surface area contributed by atoms with Crippen LogP contribution in [-0.4, -0.2) is 60.4 Å². The van der Waals surface area contributed by atoms with Gasteiger partial charge >= 0.3 is 0 Å². The molecule has 0 aromatic heterocycles. The van der Waals surface area contributed by atoms with Gasteiger partial charge in [0.2, 0.25) is 0 Å². The smallest absolute Gasteiger partial charge is 0.101 e. The van der Waals surface area contributed by atoms with Crippen molar-refractivity contribution in [2.45, 2.75) is 38.0 Å². The van der Waals surface area contributed by atoms with Crippen molar-refractivity contribution in [2.24, 2.45) is 0 Å². The minimum absolute atomic E-state index is 0.101. The van der Waals surface area contributed by atoms with Gasteiger partial charge in [-0.2, -0.15) is 0 Å². The van der Waals surface area contributed by atoms with E-state index in [1.54, 1.807) is 0 Å². The summed E-state index contributed by atoms with van der Waals surface area (Å²) in [5.74, 6) is 0. The Bertz CT molecular complexity index is 254. The number of fused-ring (bicyclic) bond motifs is 3. The molecule has 0 spiro atoms. The Kier molecular flexibility index (Phi) is 2.51. The maximum Gasteiger partial charge on any atom is 0.101 e. The first-order valence-corrected chi connectivity index (χ1v) is 6.67. The lowest BCUT2D eigenvalue weighted by Gasteiger charge is -2.64. The second-order valence-electron chi connectivity index (χ2n) is 5.68. The summed E-state index contributed by atoms with van der Waals surface area (Å²) in [5.41, 5.74) is 0.202. The molecule has 16 heavy (non-hydrogen) atoms. The fraction of sp³-hybridized carbons (Fsp3) is 1.00. The second kappa shape index (κ2) is 3.67. The van der Waals surface area contributed by atoms with Gasteiger partial charge in [-0.1, -0.05) is 0 Å². The SMILES string of the molecule is C[C@]12NCCCN1CCN1CCCN[C@]12C. The molecule has 0 aromatic carbocycles. The summed E-state index contributed by atoms with van der Waals surface area (Å²) in [6, 6.07) is 0. The summed E-state index contributed by atoms with van der Waals surface area (Å²) in [7, 11) is 0. The van der Waals surface area contributed by atoms with Crippen molar-refractivity contribution in [1.29, 1.82) is 0 Å². The summed E-state index contributed by atoms with van der Waals surface area (Å²) < 4.78 is 0. The van der Waals surface area contributed by atoms with Gasteiger partial charge in [0, 0.05) is 26.2 Å². The molecule has 92 valence electrons. The zero-order chi connectivity index (χ0) is 11.2. The lowest BCUT2D eigenvalue weighted by molar-refractivity contribution is -0.157. The van der Waals surface area contributed by atoms with Gasteiger partial charge in [0.1, 0.15) is 11.3 Å². The monoisotopic (exact) mass is 224 g/mol. The molecule has 2 atom stereocenters. The molecule has 3 aliphatic rings. The van der Waals surface area contributed by atoms with Crippen LogP contribution in [0.3, 0.4) is 0 Å². The second-order valence-corrected chi connectivity index (χ2v) is 5.68. The van der Waals surface area contributed by atoms with Crippen LogP contribution in [0.1, 0.15) is 26.7 Å². The molecule has 0 amide bonds. The molecule has 0 aromatic rings. The van der Waals surface area contributed by atoms with Crippen LogP contribution in [-0.2, 0) is 0 Å². The lowest BCUT2D eigenvalue weighted by Crippen LogP contribution is -2.85. The Morgan fingerprint density at radius 3 is 1.62 bits per heavy atom. The van der Waals surface area contributed by atoms with Crippen LogP contribution in [0, 0.1) is 0 Å². The number of nitrogens with one attached hydrogen (secondary N) is 2. The molecule has 0 saturated carbocycles. The van der Waals surface area contributed by atoms with Crippen molar-refractivity contribution in [3.63, 3.8) is 0 Å². The normalized spacial score (nSPS) is 46.1. The van der Waals surface area contributed by atoms with Gasteiger partial charge in [0.15, 0.2) is 0 Å². The van der Waals surface area contributed by atoms with Gasteiger partial charge in [-0.15, -0.1) is 0 Å². The summed E-state index contributed by atoms with van der Waals surface area (Å²) in [4.78, 5) is 5.26. The van der Waals surface area contributed by atoms with E-state index >= 15 is 0 Å². The van der Waals surface area contributed by atoms with Crippen LogP contribution in [0.4, 0.5) is 0 Å². The van der Waals surface area contributed by atoms with Crippen molar-refractivity contribution in [3.8, 4) is 0 Å². The molecule has 2 N–H and O–H groups in total. The van der Waals surface area contributed by atoms with Crippen LogP contribution < -0.4 is 10.6 Å². The Balaban J connectivity index is 1.94. The van der Waals surface area contributed by atoms with E-state index in [-0.39, 0.29) is 11.3 Å². The molecule has 3 rings (SSSR count). The van der Waals surface area contributed by atoms with Gasteiger partial charge in [-0.3, -0.25) is 20.4 Å².